The molecule has 4 heterocycles. The predicted octanol–water partition coefficient (Wildman–Crippen LogP) is 2.88. The molecule has 0 aliphatic carbocycles. The van der Waals surface area contributed by atoms with Gasteiger partial charge < -0.3 is 15.0 Å². The summed E-state index contributed by atoms with van der Waals surface area (Å²) in [6.07, 6.45) is 8.60. The van der Waals surface area contributed by atoms with E-state index in [4.69, 9.17) is 4.74 Å². The topological polar surface area (TPSA) is 103 Å². The molecule has 0 spiro atoms. The smallest absolute Gasteiger partial charge is 0.410 e. The fourth-order valence-corrected chi connectivity index (χ4v) is 3.42. The van der Waals surface area contributed by atoms with Gasteiger partial charge >= 0.3 is 6.09 Å². The van der Waals surface area contributed by atoms with Gasteiger partial charge in [0.1, 0.15) is 5.60 Å². The first kappa shape index (κ1) is 19.2. The van der Waals surface area contributed by atoms with Gasteiger partial charge in [0, 0.05) is 32.5 Å². The molecule has 0 aromatic carbocycles. The second-order valence-corrected chi connectivity index (χ2v) is 8.31. The number of piperidine rings is 1. The van der Waals surface area contributed by atoms with Gasteiger partial charge in [-0.3, -0.25) is 4.68 Å². The minimum absolute atomic E-state index is 0.0370. The highest BCUT2D eigenvalue weighted by Gasteiger charge is 2.29. The number of anilines is 2. The number of fused-ring (bicyclic) bond motifs is 1. The number of ether oxygens (including phenoxy) is 1. The van der Waals surface area contributed by atoms with Crippen LogP contribution < -0.4 is 5.32 Å². The average Bonchev–Trinajstić information content (AvgIpc) is 3.26. The summed E-state index contributed by atoms with van der Waals surface area (Å²) >= 11 is 0. The molecule has 1 atom stereocenters. The van der Waals surface area contributed by atoms with Crippen LogP contribution in [0.2, 0.25) is 0 Å². The zero-order chi connectivity index (χ0) is 20.6. The number of aromatic nitrogens is 6. The van der Waals surface area contributed by atoms with Gasteiger partial charge in [0.2, 0.25) is 5.95 Å². The van der Waals surface area contributed by atoms with Gasteiger partial charge in [0.05, 0.1) is 29.5 Å². The molecule has 29 heavy (non-hydrogen) atoms. The predicted molar refractivity (Wildman–Crippen MR) is 108 cm³/mol. The van der Waals surface area contributed by atoms with Gasteiger partial charge in [0.25, 0.3) is 0 Å². The molecule has 1 unspecified atom stereocenters. The lowest BCUT2D eigenvalue weighted by atomic mass is 10.1. The van der Waals surface area contributed by atoms with Crippen LogP contribution in [0.3, 0.4) is 0 Å². The maximum absolute atomic E-state index is 12.5. The molecule has 154 valence electrons. The SMILES string of the molecule is Cn1cc(Nc2ncc3cnn(C4CCCN(C(=O)OC(C)(C)C)C4)c3n2)cn1. The molecule has 1 aliphatic rings. The third-order valence-corrected chi connectivity index (χ3v) is 4.69. The lowest BCUT2D eigenvalue weighted by molar-refractivity contribution is 0.0169. The number of carbonyl (C=O) groups excluding carboxylic acids is 1. The molecular weight excluding hydrogens is 372 g/mol. The molecule has 10 heteroatoms. The van der Waals surface area contributed by atoms with Crippen LogP contribution in [0, 0.1) is 0 Å². The van der Waals surface area contributed by atoms with Crippen LogP contribution in [0.25, 0.3) is 11.0 Å². The van der Waals surface area contributed by atoms with Gasteiger partial charge in [-0.2, -0.15) is 15.2 Å². The fourth-order valence-electron chi connectivity index (χ4n) is 3.42. The number of rotatable bonds is 3. The zero-order valence-corrected chi connectivity index (χ0v) is 17.2. The number of hydrogen-bond donors (Lipinski definition) is 1. The molecule has 4 rings (SSSR count). The van der Waals surface area contributed by atoms with Crippen molar-refractivity contribution in [3.8, 4) is 0 Å². The van der Waals surface area contributed by atoms with Gasteiger partial charge in [-0.1, -0.05) is 0 Å². The zero-order valence-electron chi connectivity index (χ0n) is 17.2. The molecule has 3 aromatic heterocycles. The molecule has 1 N–H and O–H groups in total. The second-order valence-electron chi connectivity index (χ2n) is 8.31. The van der Waals surface area contributed by atoms with Gasteiger partial charge in [-0.05, 0) is 33.6 Å². The summed E-state index contributed by atoms with van der Waals surface area (Å²) in [5, 5.41) is 12.7. The van der Waals surface area contributed by atoms with E-state index in [2.05, 4.69) is 25.5 Å². The van der Waals surface area contributed by atoms with Crippen molar-refractivity contribution in [2.24, 2.45) is 7.05 Å². The third-order valence-electron chi connectivity index (χ3n) is 4.69. The van der Waals surface area contributed by atoms with Crippen molar-refractivity contribution in [3.05, 3.63) is 24.8 Å². The Labute approximate surface area is 168 Å². The van der Waals surface area contributed by atoms with E-state index in [0.29, 0.717) is 19.0 Å². The van der Waals surface area contributed by atoms with E-state index in [1.54, 1.807) is 28.2 Å². The van der Waals surface area contributed by atoms with Crippen LogP contribution >= 0.6 is 0 Å². The lowest BCUT2D eigenvalue weighted by Gasteiger charge is -2.34. The molecule has 1 saturated heterocycles. The van der Waals surface area contributed by atoms with E-state index in [0.717, 1.165) is 29.6 Å². The van der Waals surface area contributed by atoms with Crippen molar-refractivity contribution in [1.29, 1.82) is 0 Å². The van der Waals surface area contributed by atoms with Crippen LogP contribution in [0.15, 0.2) is 24.8 Å². The van der Waals surface area contributed by atoms with Gasteiger partial charge in [0.15, 0.2) is 5.65 Å². The highest BCUT2D eigenvalue weighted by molar-refractivity contribution is 5.75. The number of carbonyl (C=O) groups is 1. The Morgan fingerprint density at radius 2 is 2.07 bits per heavy atom. The maximum Gasteiger partial charge on any atom is 0.410 e. The molecule has 1 aliphatic heterocycles. The number of likely N-dealkylation sites (tertiary alicyclic amines) is 1. The summed E-state index contributed by atoms with van der Waals surface area (Å²) in [6, 6.07) is 0.0370. The van der Waals surface area contributed by atoms with Crippen molar-refractivity contribution in [3.63, 3.8) is 0 Å². The Kier molecular flexibility index (Phi) is 4.85. The standard InChI is InChI=1S/C19H26N8O2/c1-19(2,3)29-18(28)26-7-5-6-15(12-26)27-16-13(9-22-27)8-20-17(24-16)23-14-10-21-25(4)11-14/h8-11,15H,5-7,12H2,1-4H3,(H,20,23,24). The highest BCUT2D eigenvalue weighted by atomic mass is 16.6. The number of hydrogen-bond acceptors (Lipinski definition) is 7. The molecule has 1 fully saturated rings. The normalized spacial score (nSPS) is 17.5. The molecule has 10 nitrogen and oxygen atoms in total. The summed E-state index contributed by atoms with van der Waals surface area (Å²) in [7, 11) is 1.85. The molecule has 0 radical (unpaired) electrons. The van der Waals surface area contributed by atoms with Gasteiger partial charge in [-0.25, -0.2) is 14.5 Å². The monoisotopic (exact) mass is 398 g/mol. The van der Waals surface area contributed by atoms with Crippen molar-refractivity contribution in [1.82, 2.24) is 34.4 Å². The van der Waals surface area contributed by atoms with E-state index in [1.165, 1.54) is 0 Å². The summed E-state index contributed by atoms with van der Waals surface area (Å²) in [5.41, 5.74) is 1.04. The Hall–Kier alpha value is -3.17. The lowest BCUT2D eigenvalue weighted by Crippen LogP contribution is -2.43. The molecule has 0 bridgehead atoms. The fraction of sp³-hybridized carbons (Fsp3) is 0.526. The van der Waals surface area contributed by atoms with Crippen LogP contribution in [-0.4, -0.2) is 59.2 Å². The van der Waals surface area contributed by atoms with Crippen LogP contribution in [-0.2, 0) is 11.8 Å². The second kappa shape index (κ2) is 7.34. The van der Waals surface area contributed by atoms with E-state index < -0.39 is 5.60 Å². The van der Waals surface area contributed by atoms with Crippen LogP contribution in [0.1, 0.15) is 39.7 Å². The quantitative estimate of drug-likeness (QED) is 0.723. The summed E-state index contributed by atoms with van der Waals surface area (Å²) in [6.45, 7) is 6.86. The molecule has 3 aromatic rings. The summed E-state index contributed by atoms with van der Waals surface area (Å²) < 4.78 is 9.13. The minimum atomic E-state index is -0.511. The highest BCUT2D eigenvalue weighted by Crippen LogP contribution is 2.26. The maximum atomic E-state index is 12.5. The van der Waals surface area contributed by atoms with E-state index in [9.17, 15) is 4.79 Å². The third kappa shape index (κ3) is 4.30. The number of aryl methyl sites for hydroxylation is 1. The average molecular weight is 398 g/mol. The Morgan fingerprint density at radius 3 is 2.79 bits per heavy atom. The Balaban J connectivity index is 1.55. The summed E-state index contributed by atoms with van der Waals surface area (Å²) in [4.78, 5) is 23.2. The molecule has 1 amide bonds. The largest absolute Gasteiger partial charge is 0.444 e. The van der Waals surface area contributed by atoms with E-state index in [-0.39, 0.29) is 12.1 Å². The number of amides is 1. The molecular formula is C19H26N8O2. The summed E-state index contributed by atoms with van der Waals surface area (Å²) in [5.74, 6) is 0.479. The van der Waals surface area contributed by atoms with E-state index in [1.807, 2.05) is 38.7 Å². The number of nitrogens with zero attached hydrogens (tertiary/aromatic N) is 7. The Morgan fingerprint density at radius 1 is 1.24 bits per heavy atom. The van der Waals surface area contributed by atoms with E-state index >= 15 is 0 Å². The van der Waals surface area contributed by atoms with Crippen molar-refractivity contribution in [2.75, 3.05) is 18.4 Å². The number of nitrogens with one attached hydrogen (secondary N) is 1. The van der Waals surface area contributed by atoms with Crippen molar-refractivity contribution >= 4 is 28.8 Å². The van der Waals surface area contributed by atoms with Crippen LogP contribution in [0.4, 0.5) is 16.4 Å². The minimum Gasteiger partial charge on any atom is -0.444 e. The Bertz CT molecular complexity index is 1020. The molecule has 0 saturated carbocycles. The van der Waals surface area contributed by atoms with Crippen LogP contribution in [0.5, 0.6) is 0 Å². The first-order valence-electron chi connectivity index (χ1n) is 9.72. The van der Waals surface area contributed by atoms with Crippen molar-refractivity contribution in [2.45, 2.75) is 45.3 Å². The first-order chi connectivity index (χ1) is 13.8. The van der Waals surface area contributed by atoms with Gasteiger partial charge in [-0.15, -0.1) is 0 Å². The van der Waals surface area contributed by atoms with Crippen molar-refractivity contribution < 1.29 is 9.53 Å². The first-order valence-corrected chi connectivity index (χ1v) is 9.72.